The zero-order valence-electron chi connectivity index (χ0n) is 37.7. The number of pyridine rings is 2. The Morgan fingerprint density at radius 2 is 1.31 bits per heavy atom. The fraction of sp³-hybridized carbons (Fsp3) is 0.396. The number of aromatic nitrogens is 4. The monoisotopic (exact) mass is 928 g/mol. The molecule has 1 aliphatic rings. The number of hydrogen-bond donors (Lipinski definition) is 0. The van der Waals surface area contributed by atoms with Gasteiger partial charge in [-0.2, -0.15) is 0 Å². The van der Waals surface area contributed by atoms with Crippen LogP contribution >= 0.6 is 0 Å². The summed E-state index contributed by atoms with van der Waals surface area (Å²) in [4.78, 5) is 44.7. The van der Waals surface area contributed by atoms with E-state index < -0.39 is 22.1 Å². The van der Waals surface area contributed by atoms with Gasteiger partial charge in [0, 0.05) is 83.8 Å². The van der Waals surface area contributed by atoms with Crippen LogP contribution in [0.5, 0.6) is 0 Å². The van der Waals surface area contributed by atoms with E-state index in [1.807, 2.05) is 29.1 Å². The Labute approximate surface area is 382 Å². The van der Waals surface area contributed by atoms with Gasteiger partial charge in [-0.25, -0.2) is 33.4 Å². The molecule has 0 saturated carbocycles. The van der Waals surface area contributed by atoms with E-state index in [0.717, 1.165) is 50.6 Å². The van der Waals surface area contributed by atoms with Crippen molar-refractivity contribution in [2.45, 2.75) is 84.7 Å². The lowest BCUT2D eigenvalue weighted by molar-refractivity contribution is -0.195. The second kappa shape index (κ2) is 23.0. The van der Waals surface area contributed by atoms with E-state index in [9.17, 15) is 18.4 Å². The van der Waals surface area contributed by atoms with Crippen LogP contribution in [-0.4, -0.2) is 98.9 Å². The molecule has 6 aromatic rings. The maximum atomic E-state index is 13.2. The molecule has 65 heavy (non-hydrogen) atoms. The average molecular weight is 929 g/mol. The van der Waals surface area contributed by atoms with Gasteiger partial charge in [0.2, 0.25) is 6.79 Å². The maximum absolute atomic E-state index is 13.2. The van der Waals surface area contributed by atoms with E-state index in [0.29, 0.717) is 56.9 Å². The van der Waals surface area contributed by atoms with Crippen molar-refractivity contribution < 1.29 is 42.3 Å². The van der Waals surface area contributed by atoms with Gasteiger partial charge in [0.25, 0.3) is 5.91 Å². The van der Waals surface area contributed by atoms with Crippen molar-refractivity contribution >= 4 is 56.0 Å². The second-order valence-electron chi connectivity index (χ2n) is 18.0. The highest BCUT2D eigenvalue weighted by Gasteiger charge is 2.29. The summed E-state index contributed by atoms with van der Waals surface area (Å²) in [5, 5.41) is 7.19. The van der Waals surface area contributed by atoms with Gasteiger partial charge in [-0.3, -0.25) is 4.79 Å². The van der Waals surface area contributed by atoms with Gasteiger partial charge >= 0.3 is 5.97 Å². The van der Waals surface area contributed by atoms with Crippen LogP contribution in [0, 0.1) is 11.6 Å². The largest absolute Gasteiger partial charge is 0.464 e. The lowest BCUT2D eigenvalue weighted by Crippen LogP contribution is -2.39. The molecule has 0 unspecified atom stereocenters. The lowest BCUT2D eigenvalue weighted by Gasteiger charge is -2.27. The van der Waals surface area contributed by atoms with E-state index in [2.05, 4.69) is 59.0 Å². The van der Waals surface area contributed by atoms with Crippen LogP contribution in [0.2, 0.25) is 51.4 Å². The number of ether oxygens (including phenoxy) is 3. The molecule has 2 aromatic carbocycles. The van der Waals surface area contributed by atoms with Crippen molar-refractivity contribution in [2.75, 3.05) is 40.5 Å². The molecule has 1 aliphatic heterocycles. The summed E-state index contributed by atoms with van der Waals surface area (Å²) in [5.41, 5.74) is 6.08. The Balaban J connectivity index is 0.000000241. The fourth-order valence-electron chi connectivity index (χ4n) is 6.98. The molecule has 348 valence electrons. The average Bonchev–Trinajstić information content (AvgIpc) is 3.87. The van der Waals surface area contributed by atoms with Gasteiger partial charge in [0.05, 0.1) is 37.1 Å². The van der Waals surface area contributed by atoms with E-state index in [1.54, 1.807) is 42.9 Å². The summed E-state index contributed by atoms with van der Waals surface area (Å²) in [6, 6.07) is 18.9. The smallest absolute Gasteiger partial charge is 0.356 e. The Morgan fingerprint density at radius 1 is 0.769 bits per heavy atom. The highest BCUT2D eigenvalue weighted by molar-refractivity contribution is 6.76. The molecule has 0 spiro atoms. The van der Waals surface area contributed by atoms with Crippen LogP contribution in [0.25, 0.3) is 21.8 Å². The van der Waals surface area contributed by atoms with E-state index in [1.165, 1.54) is 36.4 Å². The fourth-order valence-corrected chi connectivity index (χ4v) is 8.49. The zero-order valence-corrected chi connectivity index (χ0v) is 39.7. The van der Waals surface area contributed by atoms with E-state index in [4.69, 9.17) is 23.9 Å². The number of fused-ring (bicyclic) bond motifs is 4. The molecule has 13 nitrogen and oxygen atoms in total. The Bertz CT molecular complexity index is 2530. The minimum Gasteiger partial charge on any atom is -0.464 e. The Hall–Kier alpha value is -5.60. The number of carbonyl (C=O) groups excluding carboxylic acids is 2. The summed E-state index contributed by atoms with van der Waals surface area (Å²) in [7, 11) is -0.961. The van der Waals surface area contributed by atoms with Crippen molar-refractivity contribution in [3.63, 3.8) is 0 Å². The number of rotatable bonds is 19. The predicted molar refractivity (Wildman–Crippen MR) is 256 cm³/mol. The number of oxime groups is 1. The van der Waals surface area contributed by atoms with Crippen LogP contribution in [-0.2, 0) is 49.8 Å². The van der Waals surface area contributed by atoms with Gasteiger partial charge < -0.3 is 28.2 Å². The molecular weight excluding hydrogens is 867 g/mol. The molecule has 0 N–H and O–H groups in total. The minimum atomic E-state index is -1.15. The molecule has 5 heterocycles. The lowest BCUT2D eigenvalue weighted by atomic mass is 10.0. The third-order valence-corrected chi connectivity index (χ3v) is 14.0. The Morgan fingerprint density at radius 3 is 1.88 bits per heavy atom. The zero-order chi connectivity index (χ0) is 45.9. The van der Waals surface area contributed by atoms with Crippen molar-refractivity contribution in [3.8, 4) is 0 Å². The van der Waals surface area contributed by atoms with E-state index >= 15 is 0 Å². The standard InChI is InChI=1S/C24H30FN3O4Si.C23H28FN3O3Si.CH4/c1-30-24(29)23-21(9-11-27-32-17-31-13-14-33(2,3)4)20-10-12-28(22(20)15-26-23)16-18-5-7-19(25)8-6-18;1-31(2,3)13-12-29-16-30-27-11-9-20-19-8-10-26(15-17-4-6-18(24)7-5-17)21(19)14-25-22(20)23(27)28;/h5-8,10-12,15H,9,13-14,16-17H2,1-4H3;4-8,10,14H,9,11-13,15-16H2,1-3H3;1H4/b27-11+;;. The van der Waals surface area contributed by atoms with Gasteiger partial charge in [-0.15, -0.1) is 0 Å². The van der Waals surface area contributed by atoms with Crippen LogP contribution in [0.4, 0.5) is 8.78 Å². The number of amides is 1. The minimum absolute atomic E-state index is 0. The number of nitrogens with zero attached hydrogens (tertiary/aromatic N) is 6. The molecule has 4 aromatic heterocycles. The van der Waals surface area contributed by atoms with Gasteiger partial charge in [0.1, 0.15) is 17.3 Å². The molecule has 0 radical (unpaired) electrons. The first-order valence-corrected chi connectivity index (χ1v) is 28.8. The molecule has 1 amide bonds. The van der Waals surface area contributed by atoms with Crippen molar-refractivity contribution in [1.29, 1.82) is 0 Å². The third-order valence-electron chi connectivity index (χ3n) is 10.6. The Kier molecular flexibility index (Phi) is 17.9. The summed E-state index contributed by atoms with van der Waals surface area (Å²) < 4.78 is 46.4. The van der Waals surface area contributed by atoms with E-state index in [-0.39, 0.29) is 44.2 Å². The van der Waals surface area contributed by atoms with Crippen LogP contribution in [0.15, 0.2) is 90.6 Å². The number of hydrogen-bond acceptors (Lipinski definition) is 10. The first kappa shape index (κ1) is 50.4. The number of methoxy groups -OCH3 is 1. The molecule has 0 saturated heterocycles. The maximum Gasteiger partial charge on any atom is 0.356 e. The first-order valence-electron chi connectivity index (χ1n) is 21.3. The highest BCUT2D eigenvalue weighted by atomic mass is 28.3. The van der Waals surface area contributed by atoms with Gasteiger partial charge in [-0.05, 0) is 71.6 Å². The van der Waals surface area contributed by atoms with Crippen LogP contribution in [0.3, 0.4) is 0 Å². The van der Waals surface area contributed by atoms with Crippen molar-refractivity contribution in [3.05, 3.63) is 131 Å². The number of halogens is 2. The number of benzene rings is 2. The number of esters is 1. The summed E-state index contributed by atoms with van der Waals surface area (Å²) in [5.74, 6) is -1.26. The number of carbonyl (C=O) groups is 2. The molecule has 0 fully saturated rings. The predicted octanol–water partition coefficient (Wildman–Crippen LogP) is 9.97. The third kappa shape index (κ3) is 14.2. The molecule has 0 aliphatic carbocycles. The second-order valence-corrected chi connectivity index (χ2v) is 29.2. The first-order chi connectivity index (χ1) is 30.6. The van der Waals surface area contributed by atoms with Crippen molar-refractivity contribution in [1.82, 2.24) is 24.2 Å². The quantitative estimate of drug-likeness (QED) is 0.0195. The van der Waals surface area contributed by atoms with Crippen LogP contribution < -0.4 is 0 Å². The SMILES string of the molecule is C.COC(=O)c1ncc2c(ccn2Cc2ccc(F)cc2)c1C/C=N/OCOCC[Si](C)(C)C.C[Si](C)(C)CCOCON1CCc2c(ncc3c2ccn3Cc2ccc(F)cc2)C1=O. The molecular formula is C48H62F2N6O7Si2. The van der Waals surface area contributed by atoms with Gasteiger partial charge in [0.15, 0.2) is 12.5 Å². The molecule has 7 rings (SSSR count). The number of hydroxylamine groups is 2. The van der Waals surface area contributed by atoms with Gasteiger partial charge in [-0.1, -0.05) is 76.1 Å². The molecule has 0 bridgehead atoms. The topological polar surface area (TPSA) is 132 Å². The highest BCUT2D eigenvalue weighted by Crippen LogP contribution is 2.28. The normalized spacial score (nSPS) is 12.9. The summed E-state index contributed by atoms with van der Waals surface area (Å²) >= 11 is 0. The summed E-state index contributed by atoms with van der Waals surface area (Å²) in [6.07, 6.45) is 9.86. The summed E-state index contributed by atoms with van der Waals surface area (Å²) in [6.45, 7) is 16.8. The molecule has 0 atom stereocenters. The van der Waals surface area contributed by atoms with Crippen molar-refractivity contribution in [2.24, 2.45) is 5.16 Å². The molecule has 17 heteroatoms. The van der Waals surface area contributed by atoms with Crippen LogP contribution in [0.1, 0.15) is 50.7 Å².